The van der Waals surface area contributed by atoms with Crippen LogP contribution in [0.3, 0.4) is 0 Å². The average molecular weight is 379 g/mol. The molecule has 0 spiro atoms. The number of rotatable bonds is 10. The fourth-order valence-electron chi connectivity index (χ4n) is 2.73. The van der Waals surface area contributed by atoms with Gasteiger partial charge in [-0.2, -0.15) is 0 Å². The predicted octanol–water partition coefficient (Wildman–Crippen LogP) is 1.61. The van der Waals surface area contributed by atoms with Crippen LogP contribution in [0.5, 0.6) is 0 Å². The summed E-state index contributed by atoms with van der Waals surface area (Å²) in [6.45, 7) is 1.75. The molecule has 3 rings (SSSR count). The first-order valence-corrected chi connectivity index (χ1v) is 9.27. The molecule has 8 nitrogen and oxygen atoms in total. The summed E-state index contributed by atoms with van der Waals surface area (Å²) < 4.78 is 0. The normalized spacial score (nSPS) is 14.9. The number of anilines is 1. The number of aromatic nitrogens is 2. The Labute approximate surface area is 164 Å². The van der Waals surface area contributed by atoms with E-state index in [2.05, 4.69) is 25.9 Å². The Hall–Kier alpha value is -3.26. The zero-order valence-electron chi connectivity index (χ0n) is 15.6. The number of benzene rings is 1. The van der Waals surface area contributed by atoms with E-state index in [0.717, 1.165) is 30.8 Å². The Kier molecular flexibility index (Phi) is 6.69. The standard InChI is InChI=1S/C20H25N7O/c21-10-16(27-20(28)18-19(22)25-9-8-24-18)12-26-17(13-23-11-14-6-7-14)15-4-2-1-3-5-15/h1-5,8-10,12,14,17,21,23,26H,6-7,11,13H2,(H2,22,25)(H,27,28)/b16-12+,21-10?. The third-order valence-corrected chi connectivity index (χ3v) is 4.48. The van der Waals surface area contributed by atoms with Crippen molar-refractivity contribution in [1.82, 2.24) is 25.9 Å². The number of allylic oxidation sites excluding steroid dienone is 1. The predicted molar refractivity (Wildman–Crippen MR) is 109 cm³/mol. The van der Waals surface area contributed by atoms with E-state index in [1.165, 1.54) is 25.2 Å². The number of hydrogen-bond acceptors (Lipinski definition) is 7. The van der Waals surface area contributed by atoms with Gasteiger partial charge >= 0.3 is 0 Å². The summed E-state index contributed by atoms with van der Waals surface area (Å²) >= 11 is 0. The molecular formula is C20H25N7O. The van der Waals surface area contributed by atoms with Crippen molar-refractivity contribution in [3.8, 4) is 0 Å². The Morgan fingerprint density at radius 3 is 2.68 bits per heavy atom. The van der Waals surface area contributed by atoms with Gasteiger partial charge in [0.25, 0.3) is 5.91 Å². The zero-order valence-corrected chi connectivity index (χ0v) is 15.6. The second kappa shape index (κ2) is 9.61. The van der Waals surface area contributed by atoms with E-state index >= 15 is 0 Å². The lowest BCUT2D eigenvalue weighted by Gasteiger charge is -2.19. The van der Waals surface area contributed by atoms with Gasteiger partial charge in [-0.3, -0.25) is 4.79 Å². The second-order valence-electron chi connectivity index (χ2n) is 6.72. The minimum Gasteiger partial charge on any atom is -0.382 e. The zero-order chi connectivity index (χ0) is 19.8. The molecule has 1 amide bonds. The average Bonchev–Trinajstić information content (AvgIpc) is 3.54. The molecule has 146 valence electrons. The summed E-state index contributed by atoms with van der Waals surface area (Å²) in [7, 11) is 0. The van der Waals surface area contributed by atoms with Crippen molar-refractivity contribution in [2.24, 2.45) is 5.92 Å². The van der Waals surface area contributed by atoms with E-state index in [9.17, 15) is 4.79 Å². The Morgan fingerprint density at radius 1 is 1.25 bits per heavy atom. The summed E-state index contributed by atoms with van der Waals surface area (Å²) in [5, 5.41) is 17.0. The lowest BCUT2D eigenvalue weighted by Crippen LogP contribution is -2.32. The van der Waals surface area contributed by atoms with Crippen LogP contribution in [0, 0.1) is 11.3 Å². The third-order valence-electron chi connectivity index (χ3n) is 4.48. The van der Waals surface area contributed by atoms with E-state index in [-0.39, 0.29) is 17.6 Å². The van der Waals surface area contributed by atoms with Gasteiger partial charge in [0.1, 0.15) is 0 Å². The van der Waals surface area contributed by atoms with Crippen LogP contribution in [0.25, 0.3) is 0 Å². The fourth-order valence-corrected chi connectivity index (χ4v) is 2.73. The lowest BCUT2D eigenvalue weighted by molar-refractivity contribution is 0.0963. The van der Waals surface area contributed by atoms with Gasteiger partial charge < -0.3 is 27.1 Å². The first kappa shape index (κ1) is 19.5. The molecule has 1 aliphatic carbocycles. The number of nitrogen functional groups attached to an aromatic ring is 1. The van der Waals surface area contributed by atoms with E-state index in [4.69, 9.17) is 11.1 Å². The van der Waals surface area contributed by atoms with Gasteiger partial charge in [-0.05, 0) is 30.9 Å². The first-order valence-electron chi connectivity index (χ1n) is 9.27. The van der Waals surface area contributed by atoms with Crippen molar-refractivity contribution in [2.45, 2.75) is 18.9 Å². The molecule has 0 aliphatic heterocycles. The molecule has 1 fully saturated rings. The molecule has 1 atom stereocenters. The van der Waals surface area contributed by atoms with Gasteiger partial charge in [-0.15, -0.1) is 0 Å². The molecule has 28 heavy (non-hydrogen) atoms. The minimum absolute atomic E-state index is 0.00777. The van der Waals surface area contributed by atoms with E-state index in [0.29, 0.717) is 5.70 Å². The maximum Gasteiger partial charge on any atom is 0.278 e. The lowest BCUT2D eigenvalue weighted by atomic mass is 10.1. The van der Waals surface area contributed by atoms with Gasteiger partial charge in [-0.1, -0.05) is 30.3 Å². The number of nitrogens with two attached hydrogens (primary N) is 1. The summed E-state index contributed by atoms with van der Waals surface area (Å²) in [5.74, 6) is 0.329. The number of carbonyl (C=O) groups excluding carboxylic acids is 1. The molecule has 0 bridgehead atoms. The Balaban J connectivity index is 1.65. The molecular weight excluding hydrogens is 354 g/mol. The monoisotopic (exact) mass is 379 g/mol. The van der Waals surface area contributed by atoms with Crippen molar-refractivity contribution in [3.63, 3.8) is 0 Å². The van der Waals surface area contributed by atoms with Crippen molar-refractivity contribution in [2.75, 3.05) is 18.8 Å². The summed E-state index contributed by atoms with van der Waals surface area (Å²) in [6, 6.07) is 10.1. The van der Waals surface area contributed by atoms with Crippen molar-refractivity contribution >= 4 is 17.9 Å². The number of nitrogens with one attached hydrogen (secondary N) is 4. The van der Waals surface area contributed by atoms with Gasteiger partial charge in [0.15, 0.2) is 11.5 Å². The quantitative estimate of drug-likeness (QED) is 0.399. The molecule has 0 saturated heterocycles. The molecule has 1 unspecified atom stereocenters. The molecule has 1 heterocycles. The van der Waals surface area contributed by atoms with Gasteiger partial charge in [0.05, 0.1) is 11.7 Å². The van der Waals surface area contributed by atoms with Gasteiger partial charge in [-0.25, -0.2) is 9.97 Å². The highest BCUT2D eigenvalue weighted by molar-refractivity contribution is 5.99. The van der Waals surface area contributed by atoms with Crippen molar-refractivity contribution in [3.05, 3.63) is 65.9 Å². The smallest absolute Gasteiger partial charge is 0.278 e. The maximum atomic E-state index is 12.3. The molecule has 6 N–H and O–H groups in total. The molecule has 2 aromatic rings. The molecule has 1 saturated carbocycles. The Morgan fingerprint density at radius 2 is 2.00 bits per heavy atom. The second-order valence-corrected chi connectivity index (χ2v) is 6.72. The van der Waals surface area contributed by atoms with Crippen LogP contribution in [0.1, 0.15) is 34.9 Å². The summed E-state index contributed by atoms with van der Waals surface area (Å²) in [4.78, 5) is 20.1. The molecule has 1 aromatic carbocycles. The summed E-state index contributed by atoms with van der Waals surface area (Å²) in [5.41, 5.74) is 7.14. The Bertz CT molecular complexity index is 833. The largest absolute Gasteiger partial charge is 0.382 e. The van der Waals surface area contributed by atoms with Gasteiger partial charge in [0, 0.05) is 31.4 Å². The topological polar surface area (TPSA) is 129 Å². The van der Waals surface area contributed by atoms with E-state index in [1.807, 2.05) is 30.3 Å². The number of carbonyl (C=O) groups is 1. The molecule has 8 heteroatoms. The van der Waals surface area contributed by atoms with Crippen LogP contribution >= 0.6 is 0 Å². The number of hydrogen-bond donors (Lipinski definition) is 5. The van der Waals surface area contributed by atoms with Gasteiger partial charge in [0.2, 0.25) is 0 Å². The maximum absolute atomic E-state index is 12.3. The molecule has 1 aromatic heterocycles. The number of nitrogens with zero attached hydrogens (tertiary/aromatic N) is 2. The highest BCUT2D eigenvalue weighted by Crippen LogP contribution is 2.27. The van der Waals surface area contributed by atoms with Crippen molar-refractivity contribution < 1.29 is 4.79 Å². The van der Waals surface area contributed by atoms with E-state index in [1.54, 1.807) is 6.20 Å². The highest BCUT2D eigenvalue weighted by atomic mass is 16.1. The molecule has 1 aliphatic rings. The van der Waals surface area contributed by atoms with Crippen molar-refractivity contribution in [1.29, 1.82) is 5.41 Å². The third kappa shape index (κ3) is 5.62. The molecule has 0 radical (unpaired) electrons. The minimum atomic E-state index is -0.509. The van der Waals surface area contributed by atoms with Crippen LogP contribution in [-0.2, 0) is 0 Å². The summed E-state index contributed by atoms with van der Waals surface area (Å²) in [6.07, 6.45) is 8.09. The number of amides is 1. The van der Waals surface area contributed by atoms with E-state index < -0.39 is 5.91 Å². The SMILES string of the molecule is N=C/C(=C\NC(CNCC1CC1)c1ccccc1)NC(=O)c1nccnc1N. The fraction of sp³-hybridized carbons (Fsp3) is 0.300. The first-order chi connectivity index (χ1) is 13.7. The van der Waals surface area contributed by atoms with Crippen LogP contribution < -0.4 is 21.7 Å². The highest BCUT2D eigenvalue weighted by Gasteiger charge is 2.21. The van der Waals surface area contributed by atoms with Crippen LogP contribution in [0.4, 0.5) is 5.82 Å². The van der Waals surface area contributed by atoms with Crippen LogP contribution in [0.2, 0.25) is 0 Å². The van der Waals surface area contributed by atoms with Crippen LogP contribution in [0.15, 0.2) is 54.6 Å². The van der Waals surface area contributed by atoms with Crippen LogP contribution in [-0.4, -0.2) is 35.2 Å².